The Morgan fingerprint density at radius 2 is 1.90 bits per heavy atom. The van der Waals surface area contributed by atoms with Crippen LogP contribution in [0.3, 0.4) is 0 Å². The molecule has 0 saturated carbocycles. The Kier molecular flexibility index (Phi) is 3.87. The van der Waals surface area contributed by atoms with Crippen LogP contribution in [0.15, 0.2) is 41.3 Å². The normalized spacial score (nSPS) is 11.3. The molecule has 4 nitrogen and oxygen atoms in total. The van der Waals surface area contributed by atoms with Crippen LogP contribution in [0.2, 0.25) is 5.02 Å². The Hall–Kier alpha value is -1.79. The number of aryl methyl sites for hydroxylation is 1. The molecule has 0 aliphatic rings. The highest BCUT2D eigenvalue weighted by Gasteiger charge is 2.17. The smallest absolute Gasteiger partial charge is 0.262 e. The first-order valence-corrected chi connectivity index (χ1v) is 7.43. The van der Waals surface area contributed by atoms with Crippen molar-refractivity contribution in [2.24, 2.45) is 0 Å². The molecule has 106 valence electrons. The Morgan fingerprint density at radius 3 is 2.50 bits per heavy atom. The van der Waals surface area contributed by atoms with E-state index in [1.165, 1.54) is 31.2 Å². The molecule has 0 aliphatic heterocycles. The maximum absolute atomic E-state index is 13.0. The summed E-state index contributed by atoms with van der Waals surface area (Å²) in [6.07, 6.45) is 0. The summed E-state index contributed by atoms with van der Waals surface area (Å²) in [7, 11) is -3.86. The molecule has 0 fully saturated rings. The molecule has 0 aromatic heterocycles. The maximum Gasteiger partial charge on any atom is 0.262 e. The van der Waals surface area contributed by atoms with E-state index in [9.17, 15) is 17.9 Å². The first kappa shape index (κ1) is 14.6. The van der Waals surface area contributed by atoms with Crippen molar-refractivity contribution in [3.05, 3.63) is 52.8 Å². The van der Waals surface area contributed by atoms with Crippen molar-refractivity contribution >= 4 is 27.3 Å². The molecule has 0 heterocycles. The SMILES string of the molecule is Cc1cc(F)ccc1S(=O)(=O)Nc1ccc(Cl)c(O)c1. The van der Waals surface area contributed by atoms with Gasteiger partial charge < -0.3 is 5.11 Å². The zero-order chi connectivity index (χ0) is 14.9. The van der Waals surface area contributed by atoms with E-state index in [0.717, 1.165) is 12.1 Å². The number of nitrogens with one attached hydrogen (secondary N) is 1. The number of aromatic hydroxyl groups is 1. The molecule has 2 rings (SSSR count). The highest BCUT2D eigenvalue weighted by Crippen LogP contribution is 2.28. The first-order valence-electron chi connectivity index (χ1n) is 5.57. The van der Waals surface area contributed by atoms with Crippen LogP contribution in [0, 0.1) is 12.7 Å². The van der Waals surface area contributed by atoms with Gasteiger partial charge in [-0.05, 0) is 42.8 Å². The van der Waals surface area contributed by atoms with E-state index in [1.807, 2.05) is 0 Å². The number of anilines is 1. The molecular formula is C13H11ClFNO3S. The Balaban J connectivity index is 2.38. The number of phenols is 1. The molecule has 0 saturated heterocycles. The third-order valence-electron chi connectivity index (χ3n) is 2.62. The van der Waals surface area contributed by atoms with Gasteiger partial charge in [0.15, 0.2) is 0 Å². The third-order valence-corrected chi connectivity index (χ3v) is 4.49. The lowest BCUT2D eigenvalue weighted by molar-refractivity contribution is 0.476. The van der Waals surface area contributed by atoms with E-state index < -0.39 is 15.8 Å². The number of hydrogen-bond donors (Lipinski definition) is 2. The predicted molar refractivity (Wildman–Crippen MR) is 75.1 cm³/mol. The molecule has 0 radical (unpaired) electrons. The van der Waals surface area contributed by atoms with Crippen molar-refractivity contribution in [1.29, 1.82) is 0 Å². The summed E-state index contributed by atoms with van der Waals surface area (Å²) in [5, 5.41) is 9.56. The third kappa shape index (κ3) is 3.02. The van der Waals surface area contributed by atoms with E-state index in [1.54, 1.807) is 0 Å². The van der Waals surface area contributed by atoms with Gasteiger partial charge >= 0.3 is 0 Å². The van der Waals surface area contributed by atoms with Gasteiger partial charge in [0.25, 0.3) is 10.0 Å². The second-order valence-electron chi connectivity index (χ2n) is 4.18. The number of benzene rings is 2. The zero-order valence-electron chi connectivity index (χ0n) is 10.4. The quantitative estimate of drug-likeness (QED) is 0.913. The lowest BCUT2D eigenvalue weighted by Gasteiger charge is -2.11. The number of rotatable bonds is 3. The van der Waals surface area contributed by atoms with Crippen LogP contribution >= 0.6 is 11.6 Å². The first-order chi connectivity index (χ1) is 9.29. The van der Waals surface area contributed by atoms with Crippen LogP contribution < -0.4 is 4.72 Å². The second-order valence-corrected chi connectivity index (χ2v) is 6.24. The molecule has 0 spiro atoms. The average molecular weight is 316 g/mol. The molecule has 2 aromatic rings. The average Bonchev–Trinajstić information content (AvgIpc) is 2.33. The van der Waals surface area contributed by atoms with Crippen molar-refractivity contribution in [2.75, 3.05) is 4.72 Å². The van der Waals surface area contributed by atoms with Crippen LogP contribution in [0.4, 0.5) is 10.1 Å². The van der Waals surface area contributed by atoms with Crippen molar-refractivity contribution in [3.8, 4) is 5.75 Å². The van der Waals surface area contributed by atoms with Gasteiger partial charge in [-0.1, -0.05) is 11.6 Å². The molecule has 0 amide bonds. The topological polar surface area (TPSA) is 66.4 Å². The lowest BCUT2D eigenvalue weighted by atomic mass is 10.2. The van der Waals surface area contributed by atoms with Gasteiger partial charge in [0, 0.05) is 6.07 Å². The largest absolute Gasteiger partial charge is 0.506 e. The standard InChI is InChI=1S/C13H11ClFNO3S/c1-8-6-9(15)2-5-13(8)20(18,19)16-10-3-4-11(14)12(17)7-10/h2-7,16-17H,1H3. The summed E-state index contributed by atoms with van der Waals surface area (Å²) in [5.41, 5.74) is 0.450. The minimum atomic E-state index is -3.86. The zero-order valence-corrected chi connectivity index (χ0v) is 12.0. The van der Waals surface area contributed by atoms with Crippen molar-refractivity contribution in [3.63, 3.8) is 0 Å². The fraction of sp³-hybridized carbons (Fsp3) is 0.0769. The van der Waals surface area contributed by atoms with Gasteiger partial charge in [-0.2, -0.15) is 0 Å². The molecule has 0 atom stereocenters. The van der Waals surface area contributed by atoms with Gasteiger partial charge in [0.05, 0.1) is 15.6 Å². The van der Waals surface area contributed by atoms with Gasteiger partial charge in [-0.3, -0.25) is 4.72 Å². The fourth-order valence-corrected chi connectivity index (χ4v) is 3.10. The fourth-order valence-electron chi connectivity index (χ4n) is 1.70. The van der Waals surface area contributed by atoms with Gasteiger partial charge in [0.2, 0.25) is 0 Å². The van der Waals surface area contributed by atoms with Crippen molar-refractivity contribution < 1.29 is 17.9 Å². The highest BCUT2D eigenvalue weighted by atomic mass is 35.5. The minimum absolute atomic E-state index is 0.0339. The summed E-state index contributed by atoms with van der Waals surface area (Å²) >= 11 is 5.64. The Labute approximate surface area is 120 Å². The molecular weight excluding hydrogens is 305 g/mol. The van der Waals surface area contributed by atoms with E-state index in [4.69, 9.17) is 11.6 Å². The molecule has 0 aliphatic carbocycles. The molecule has 7 heteroatoms. The number of phenolic OH excluding ortho intramolecular Hbond substituents is 1. The summed E-state index contributed by atoms with van der Waals surface area (Å²) < 4.78 is 39.7. The molecule has 2 aromatic carbocycles. The molecule has 2 N–H and O–H groups in total. The van der Waals surface area contributed by atoms with E-state index in [-0.39, 0.29) is 26.9 Å². The van der Waals surface area contributed by atoms with Crippen molar-refractivity contribution in [1.82, 2.24) is 0 Å². The van der Waals surface area contributed by atoms with Crippen molar-refractivity contribution in [2.45, 2.75) is 11.8 Å². The highest BCUT2D eigenvalue weighted by molar-refractivity contribution is 7.92. The molecule has 0 bridgehead atoms. The number of sulfonamides is 1. The van der Waals surface area contributed by atoms with Crippen LogP contribution in [0.5, 0.6) is 5.75 Å². The minimum Gasteiger partial charge on any atom is -0.506 e. The lowest BCUT2D eigenvalue weighted by Crippen LogP contribution is -2.14. The maximum atomic E-state index is 13.0. The summed E-state index contributed by atoms with van der Waals surface area (Å²) in [6.45, 7) is 1.50. The summed E-state index contributed by atoms with van der Waals surface area (Å²) in [5.74, 6) is -0.742. The van der Waals surface area contributed by atoms with Gasteiger partial charge in [-0.25, -0.2) is 12.8 Å². The van der Waals surface area contributed by atoms with E-state index in [2.05, 4.69) is 4.72 Å². The van der Waals surface area contributed by atoms with Gasteiger partial charge in [-0.15, -0.1) is 0 Å². The monoisotopic (exact) mass is 315 g/mol. The summed E-state index contributed by atoms with van der Waals surface area (Å²) in [6, 6.07) is 7.36. The van der Waals surface area contributed by atoms with E-state index in [0.29, 0.717) is 0 Å². The van der Waals surface area contributed by atoms with E-state index >= 15 is 0 Å². The predicted octanol–water partition coefficient (Wildman–Crippen LogP) is 3.29. The Bertz CT molecular complexity index is 762. The van der Waals surface area contributed by atoms with Crippen LogP contribution in [-0.2, 0) is 10.0 Å². The summed E-state index contributed by atoms with van der Waals surface area (Å²) in [4.78, 5) is -0.0339. The number of halogens is 2. The number of hydrogen-bond acceptors (Lipinski definition) is 3. The Morgan fingerprint density at radius 1 is 1.20 bits per heavy atom. The van der Waals surface area contributed by atoms with Crippen LogP contribution in [0.1, 0.15) is 5.56 Å². The van der Waals surface area contributed by atoms with Crippen LogP contribution in [-0.4, -0.2) is 13.5 Å². The van der Waals surface area contributed by atoms with Crippen LogP contribution in [0.25, 0.3) is 0 Å². The molecule has 0 unspecified atom stereocenters. The second kappa shape index (κ2) is 5.30. The molecule has 20 heavy (non-hydrogen) atoms. The van der Waals surface area contributed by atoms with Gasteiger partial charge in [0.1, 0.15) is 11.6 Å².